The quantitative estimate of drug-likeness (QED) is 0.647. The first kappa shape index (κ1) is 16.1. The van der Waals surface area contributed by atoms with Crippen molar-refractivity contribution >= 4 is 22.9 Å². The zero-order valence-corrected chi connectivity index (χ0v) is 13.8. The lowest BCUT2D eigenvalue weighted by Crippen LogP contribution is -2.10. The van der Waals surface area contributed by atoms with Crippen molar-refractivity contribution in [1.82, 2.24) is 0 Å². The number of benzene rings is 2. The number of carbonyl (C=O) groups excluding carboxylic acids is 1. The van der Waals surface area contributed by atoms with E-state index in [-0.39, 0.29) is 5.91 Å². The Morgan fingerprint density at radius 3 is 2.12 bits per heavy atom. The molecule has 1 heterocycles. The Morgan fingerprint density at radius 1 is 0.833 bits per heavy atom. The number of ether oxygens (including phenoxy) is 2. The summed E-state index contributed by atoms with van der Waals surface area (Å²) in [4.78, 5) is 12.6. The second-order valence-electron chi connectivity index (χ2n) is 4.97. The summed E-state index contributed by atoms with van der Waals surface area (Å²) < 4.78 is 11.2. The van der Waals surface area contributed by atoms with Gasteiger partial charge in [0.25, 0.3) is 5.91 Å². The third kappa shape index (κ3) is 4.60. The summed E-state index contributed by atoms with van der Waals surface area (Å²) in [5.74, 6) is 1.46. The van der Waals surface area contributed by atoms with Gasteiger partial charge in [0.1, 0.15) is 24.7 Å². The first-order valence-corrected chi connectivity index (χ1v) is 8.45. The highest BCUT2D eigenvalue weighted by Crippen LogP contribution is 2.18. The monoisotopic (exact) mass is 339 g/mol. The van der Waals surface area contributed by atoms with Gasteiger partial charge in [-0.2, -0.15) is 0 Å². The minimum absolute atomic E-state index is 0.102. The predicted octanol–water partition coefficient (Wildman–Crippen LogP) is 4.46. The van der Waals surface area contributed by atoms with Crippen LogP contribution >= 0.6 is 11.3 Å². The summed E-state index contributed by atoms with van der Waals surface area (Å²) in [6.45, 7) is 0.927. The summed E-state index contributed by atoms with van der Waals surface area (Å²) in [7, 11) is 0. The number of amides is 1. The van der Waals surface area contributed by atoms with Gasteiger partial charge in [0.15, 0.2) is 0 Å². The molecule has 0 aliphatic carbocycles. The number of hydrogen-bond donors (Lipinski definition) is 1. The summed E-state index contributed by atoms with van der Waals surface area (Å²) in [5.41, 5.74) is 0.737. The fourth-order valence-electron chi connectivity index (χ4n) is 2.07. The SMILES string of the molecule is O=C(Nc1ccc(OCCOc2ccccc2)cc1)c1cccs1. The summed E-state index contributed by atoms with van der Waals surface area (Å²) in [5, 5.41) is 4.73. The Hall–Kier alpha value is -2.79. The molecule has 0 unspecified atom stereocenters. The first-order chi connectivity index (χ1) is 11.8. The molecule has 0 bridgehead atoms. The number of carbonyl (C=O) groups is 1. The normalized spacial score (nSPS) is 10.2. The molecule has 0 radical (unpaired) electrons. The third-order valence-electron chi connectivity index (χ3n) is 3.22. The highest BCUT2D eigenvalue weighted by Gasteiger charge is 2.06. The fourth-order valence-corrected chi connectivity index (χ4v) is 2.69. The predicted molar refractivity (Wildman–Crippen MR) is 96.1 cm³/mol. The molecule has 0 spiro atoms. The Balaban J connectivity index is 1.44. The first-order valence-electron chi connectivity index (χ1n) is 7.57. The Kier molecular flexibility index (Phi) is 5.48. The zero-order valence-electron chi connectivity index (χ0n) is 13.0. The lowest BCUT2D eigenvalue weighted by atomic mass is 10.3. The number of para-hydroxylation sites is 1. The molecule has 2 aromatic carbocycles. The molecule has 1 amide bonds. The smallest absolute Gasteiger partial charge is 0.265 e. The molecule has 0 aliphatic rings. The third-order valence-corrected chi connectivity index (χ3v) is 4.09. The lowest BCUT2D eigenvalue weighted by molar-refractivity contribution is 0.103. The molecule has 4 nitrogen and oxygen atoms in total. The van der Waals surface area contributed by atoms with Crippen LogP contribution in [0.3, 0.4) is 0 Å². The van der Waals surface area contributed by atoms with Crippen LogP contribution in [0.15, 0.2) is 72.1 Å². The van der Waals surface area contributed by atoms with E-state index in [9.17, 15) is 4.79 Å². The van der Waals surface area contributed by atoms with Crippen LogP contribution in [0.2, 0.25) is 0 Å². The lowest BCUT2D eigenvalue weighted by Gasteiger charge is -2.09. The maximum Gasteiger partial charge on any atom is 0.265 e. The van der Waals surface area contributed by atoms with Crippen molar-refractivity contribution < 1.29 is 14.3 Å². The number of hydrogen-bond acceptors (Lipinski definition) is 4. The van der Waals surface area contributed by atoms with E-state index in [2.05, 4.69) is 5.32 Å². The van der Waals surface area contributed by atoms with Crippen LogP contribution in [-0.2, 0) is 0 Å². The Bertz CT molecular complexity index is 755. The van der Waals surface area contributed by atoms with Gasteiger partial charge < -0.3 is 14.8 Å². The standard InChI is InChI=1S/C19H17NO3S/c21-19(18-7-4-14-24-18)20-15-8-10-17(11-9-15)23-13-12-22-16-5-2-1-3-6-16/h1-11,14H,12-13H2,(H,20,21). The van der Waals surface area contributed by atoms with Gasteiger partial charge in [-0.1, -0.05) is 24.3 Å². The van der Waals surface area contributed by atoms with Crippen molar-refractivity contribution in [2.45, 2.75) is 0 Å². The van der Waals surface area contributed by atoms with E-state index < -0.39 is 0 Å². The van der Waals surface area contributed by atoms with Crippen molar-refractivity contribution in [3.8, 4) is 11.5 Å². The minimum Gasteiger partial charge on any atom is -0.490 e. The highest BCUT2D eigenvalue weighted by molar-refractivity contribution is 7.12. The van der Waals surface area contributed by atoms with E-state index >= 15 is 0 Å². The molecule has 24 heavy (non-hydrogen) atoms. The van der Waals surface area contributed by atoms with Gasteiger partial charge in [0.05, 0.1) is 4.88 Å². The van der Waals surface area contributed by atoms with E-state index in [1.54, 1.807) is 6.07 Å². The van der Waals surface area contributed by atoms with Crippen molar-refractivity contribution in [2.24, 2.45) is 0 Å². The molecule has 1 aromatic heterocycles. The summed E-state index contributed by atoms with van der Waals surface area (Å²) in [6.07, 6.45) is 0. The summed E-state index contributed by atoms with van der Waals surface area (Å²) >= 11 is 1.41. The van der Waals surface area contributed by atoms with Gasteiger partial charge in [-0.25, -0.2) is 0 Å². The van der Waals surface area contributed by atoms with E-state index in [1.807, 2.05) is 66.0 Å². The Labute approximate surface area is 144 Å². The van der Waals surface area contributed by atoms with Crippen LogP contribution in [0, 0.1) is 0 Å². The molecular formula is C19H17NO3S. The molecule has 3 rings (SSSR count). The fraction of sp³-hybridized carbons (Fsp3) is 0.105. The van der Waals surface area contributed by atoms with Crippen molar-refractivity contribution in [1.29, 1.82) is 0 Å². The maximum absolute atomic E-state index is 12.0. The minimum atomic E-state index is -0.102. The molecule has 0 atom stereocenters. The van der Waals surface area contributed by atoms with Crippen LogP contribution in [-0.4, -0.2) is 19.1 Å². The molecule has 0 aliphatic heterocycles. The van der Waals surface area contributed by atoms with Crippen LogP contribution in [0.4, 0.5) is 5.69 Å². The topological polar surface area (TPSA) is 47.6 Å². The van der Waals surface area contributed by atoms with E-state index in [1.165, 1.54) is 11.3 Å². The average Bonchev–Trinajstić information content (AvgIpc) is 3.16. The van der Waals surface area contributed by atoms with Gasteiger partial charge in [0, 0.05) is 5.69 Å². The number of anilines is 1. The number of rotatable bonds is 7. The van der Waals surface area contributed by atoms with Gasteiger partial charge in [-0.3, -0.25) is 4.79 Å². The Morgan fingerprint density at radius 2 is 1.50 bits per heavy atom. The van der Waals surface area contributed by atoms with Crippen LogP contribution in [0.25, 0.3) is 0 Å². The average molecular weight is 339 g/mol. The molecule has 5 heteroatoms. The molecule has 0 fully saturated rings. The van der Waals surface area contributed by atoms with Gasteiger partial charge in [-0.15, -0.1) is 11.3 Å². The molecule has 0 saturated carbocycles. The number of nitrogens with one attached hydrogen (secondary N) is 1. The van der Waals surface area contributed by atoms with Crippen molar-refractivity contribution in [3.05, 3.63) is 77.0 Å². The van der Waals surface area contributed by atoms with Crippen LogP contribution < -0.4 is 14.8 Å². The van der Waals surface area contributed by atoms with Gasteiger partial charge in [0.2, 0.25) is 0 Å². The highest BCUT2D eigenvalue weighted by atomic mass is 32.1. The largest absolute Gasteiger partial charge is 0.490 e. The van der Waals surface area contributed by atoms with Crippen LogP contribution in [0.1, 0.15) is 9.67 Å². The second-order valence-corrected chi connectivity index (χ2v) is 5.91. The molecule has 122 valence electrons. The van der Waals surface area contributed by atoms with E-state index in [4.69, 9.17) is 9.47 Å². The van der Waals surface area contributed by atoms with Crippen molar-refractivity contribution in [2.75, 3.05) is 18.5 Å². The van der Waals surface area contributed by atoms with E-state index in [0.717, 1.165) is 17.2 Å². The van der Waals surface area contributed by atoms with Crippen molar-refractivity contribution in [3.63, 3.8) is 0 Å². The van der Waals surface area contributed by atoms with E-state index in [0.29, 0.717) is 18.1 Å². The number of thiophene rings is 1. The molecule has 3 aromatic rings. The second kappa shape index (κ2) is 8.17. The molecular weight excluding hydrogens is 322 g/mol. The maximum atomic E-state index is 12.0. The molecule has 0 saturated heterocycles. The van der Waals surface area contributed by atoms with Gasteiger partial charge >= 0.3 is 0 Å². The summed E-state index contributed by atoms with van der Waals surface area (Å²) in [6, 6.07) is 20.6. The molecule has 1 N–H and O–H groups in total. The zero-order chi connectivity index (χ0) is 16.6. The van der Waals surface area contributed by atoms with Gasteiger partial charge in [-0.05, 0) is 47.8 Å². The van der Waals surface area contributed by atoms with Crippen LogP contribution in [0.5, 0.6) is 11.5 Å².